The Morgan fingerprint density at radius 1 is 1.24 bits per heavy atom. The van der Waals surface area contributed by atoms with E-state index in [1.807, 2.05) is 0 Å². The second kappa shape index (κ2) is 6.47. The second-order valence-corrected chi connectivity index (χ2v) is 7.16. The van der Waals surface area contributed by atoms with Crippen molar-refractivity contribution in [3.63, 3.8) is 0 Å². The van der Waals surface area contributed by atoms with E-state index in [1.54, 1.807) is 5.38 Å². The van der Waals surface area contributed by atoms with Gasteiger partial charge in [0, 0.05) is 37.1 Å². The van der Waals surface area contributed by atoms with E-state index in [0.717, 1.165) is 36.8 Å². The van der Waals surface area contributed by atoms with E-state index in [2.05, 4.69) is 19.9 Å². The van der Waals surface area contributed by atoms with Gasteiger partial charge in [-0.3, -0.25) is 4.79 Å². The molecule has 1 amide bonds. The summed E-state index contributed by atoms with van der Waals surface area (Å²) in [5, 5.41) is 12.2. The van der Waals surface area contributed by atoms with Crippen molar-refractivity contribution in [1.29, 1.82) is 0 Å². The van der Waals surface area contributed by atoms with Gasteiger partial charge >= 0.3 is 5.97 Å². The number of aliphatic carboxylic acids is 1. The number of anilines is 1. The molecule has 0 saturated carbocycles. The Hall–Kier alpha value is -2.42. The molecule has 9 heteroatoms. The predicted octanol–water partition coefficient (Wildman–Crippen LogP) is 1.68. The maximum absolute atomic E-state index is 12.9. The molecule has 1 fully saturated rings. The summed E-state index contributed by atoms with van der Waals surface area (Å²) >= 11 is 1.44. The highest BCUT2D eigenvalue weighted by atomic mass is 32.1. The molecular formula is C16H19N5O3S. The van der Waals surface area contributed by atoms with Crippen LogP contribution in [0.15, 0.2) is 11.7 Å². The minimum absolute atomic E-state index is 0.316. The fraction of sp³-hybridized carbons (Fsp3) is 0.500. The molecule has 8 nitrogen and oxygen atoms in total. The van der Waals surface area contributed by atoms with Gasteiger partial charge in [-0.25, -0.2) is 14.8 Å². The largest absolute Gasteiger partial charge is 0.479 e. The van der Waals surface area contributed by atoms with Crippen molar-refractivity contribution in [3.05, 3.63) is 28.8 Å². The SMILES string of the molecule is O=C(O)[C@H]1c2nc[nH]c2CCN1C(=O)c1csc(N2CCCCC2)n1. The van der Waals surface area contributed by atoms with E-state index in [4.69, 9.17) is 0 Å². The summed E-state index contributed by atoms with van der Waals surface area (Å²) < 4.78 is 0. The highest BCUT2D eigenvalue weighted by Crippen LogP contribution is 2.30. The number of carboxylic acids is 1. The molecule has 0 aliphatic carbocycles. The van der Waals surface area contributed by atoms with Crippen LogP contribution in [0.1, 0.15) is 47.2 Å². The van der Waals surface area contributed by atoms with Crippen molar-refractivity contribution in [2.75, 3.05) is 24.5 Å². The molecule has 2 aromatic heterocycles. The molecule has 2 aliphatic heterocycles. The molecule has 0 spiro atoms. The Morgan fingerprint density at radius 3 is 2.80 bits per heavy atom. The van der Waals surface area contributed by atoms with Crippen molar-refractivity contribution in [1.82, 2.24) is 19.9 Å². The number of hydrogen-bond acceptors (Lipinski definition) is 6. The van der Waals surface area contributed by atoms with Crippen LogP contribution in [0, 0.1) is 0 Å². The number of fused-ring (bicyclic) bond motifs is 1. The van der Waals surface area contributed by atoms with Gasteiger partial charge < -0.3 is 19.9 Å². The lowest BCUT2D eigenvalue weighted by Gasteiger charge is -2.31. The number of hydrogen-bond donors (Lipinski definition) is 2. The first kappa shape index (κ1) is 16.1. The van der Waals surface area contributed by atoms with Gasteiger partial charge in [-0.2, -0.15) is 0 Å². The van der Waals surface area contributed by atoms with Gasteiger partial charge in [-0.15, -0.1) is 11.3 Å². The van der Waals surface area contributed by atoms with Crippen LogP contribution in [0.4, 0.5) is 5.13 Å². The quantitative estimate of drug-likeness (QED) is 0.862. The Labute approximate surface area is 148 Å². The standard InChI is InChI=1S/C16H19N5O3S/c22-14(11-8-25-16(19-11)20-5-2-1-3-6-20)21-7-4-10-12(18-9-17-10)13(21)15(23)24/h8-9,13H,1-7H2,(H,17,18)(H,23,24)/t13-/m1/s1. The van der Waals surface area contributed by atoms with E-state index in [0.29, 0.717) is 24.4 Å². The number of piperidine rings is 1. The van der Waals surface area contributed by atoms with Crippen LogP contribution in [0.2, 0.25) is 0 Å². The van der Waals surface area contributed by atoms with Gasteiger partial charge in [0.25, 0.3) is 5.91 Å². The van der Waals surface area contributed by atoms with Gasteiger partial charge in [0.15, 0.2) is 11.2 Å². The Bertz CT molecular complexity index is 795. The molecule has 25 heavy (non-hydrogen) atoms. The number of rotatable bonds is 3. The first-order valence-corrected chi connectivity index (χ1v) is 9.29. The summed E-state index contributed by atoms with van der Waals surface area (Å²) in [6.07, 6.45) is 5.55. The third-order valence-electron chi connectivity index (χ3n) is 4.76. The molecule has 2 aliphatic rings. The molecule has 2 aromatic rings. The highest BCUT2D eigenvalue weighted by Gasteiger charge is 2.39. The summed E-state index contributed by atoms with van der Waals surface area (Å²) in [5.74, 6) is -1.42. The van der Waals surface area contributed by atoms with E-state index in [-0.39, 0.29) is 5.91 Å². The minimum atomic E-state index is -1.08. The van der Waals surface area contributed by atoms with E-state index >= 15 is 0 Å². The van der Waals surface area contributed by atoms with E-state index in [1.165, 1.54) is 29.0 Å². The van der Waals surface area contributed by atoms with Gasteiger partial charge in [0.1, 0.15) is 5.69 Å². The first-order valence-electron chi connectivity index (χ1n) is 8.41. The molecule has 0 aromatic carbocycles. The summed E-state index contributed by atoms with van der Waals surface area (Å²) in [5.41, 5.74) is 1.51. The molecule has 4 heterocycles. The number of imidazole rings is 1. The highest BCUT2D eigenvalue weighted by molar-refractivity contribution is 7.13. The lowest BCUT2D eigenvalue weighted by atomic mass is 10.0. The van der Waals surface area contributed by atoms with Crippen molar-refractivity contribution in [2.45, 2.75) is 31.7 Å². The number of aromatic nitrogens is 3. The molecule has 2 N–H and O–H groups in total. The number of carbonyl (C=O) groups is 2. The zero-order chi connectivity index (χ0) is 17.4. The van der Waals surface area contributed by atoms with Crippen LogP contribution in [0.3, 0.4) is 0 Å². The smallest absolute Gasteiger partial charge is 0.332 e. The van der Waals surface area contributed by atoms with Gasteiger partial charge in [0.2, 0.25) is 0 Å². The maximum Gasteiger partial charge on any atom is 0.332 e. The number of aromatic amines is 1. The maximum atomic E-state index is 12.9. The molecule has 1 atom stereocenters. The Balaban J connectivity index is 1.58. The number of carboxylic acid groups (broad SMARTS) is 1. The van der Waals surface area contributed by atoms with Crippen LogP contribution in [0.5, 0.6) is 0 Å². The fourth-order valence-corrected chi connectivity index (χ4v) is 4.34. The van der Waals surface area contributed by atoms with E-state index < -0.39 is 12.0 Å². The topological polar surface area (TPSA) is 102 Å². The zero-order valence-corrected chi connectivity index (χ0v) is 14.5. The van der Waals surface area contributed by atoms with Crippen molar-refractivity contribution in [2.24, 2.45) is 0 Å². The summed E-state index contributed by atoms with van der Waals surface area (Å²) in [7, 11) is 0. The number of nitrogens with one attached hydrogen (secondary N) is 1. The number of nitrogens with zero attached hydrogens (tertiary/aromatic N) is 4. The monoisotopic (exact) mass is 361 g/mol. The third-order valence-corrected chi connectivity index (χ3v) is 5.66. The molecule has 0 unspecified atom stereocenters. The number of H-pyrrole nitrogens is 1. The second-order valence-electron chi connectivity index (χ2n) is 6.32. The van der Waals surface area contributed by atoms with Crippen LogP contribution in [0.25, 0.3) is 0 Å². The van der Waals surface area contributed by atoms with E-state index in [9.17, 15) is 14.7 Å². The van der Waals surface area contributed by atoms with Gasteiger partial charge in [0.05, 0.1) is 12.0 Å². The molecule has 0 bridgehead atoms. The Morgan fingerprint density at radius 2 is 2.04 bits per heavy atom. The third kappa shape index (κ3) is 2.88. The normalized spacial score (nSPS) is 20.4. The van der Waals surface area contributed by atoms with Gasteiger partial charge in [-0.1, -0.05) is 0 Å². The Kier molecular flexibility index (Phi) is 4.16. The lowest BCUT2D eigenvalue weighted by Crippen LogP contribution is -2.43. The number of amides is 1. The molecule has 0 radical (unpaired) electrons. The van der Waals surface area contributed by atoms with Crippen molar-refractivity contribution < 1.29 is 14.7 Å². The zero-order valence-electron chi connectivity index (χ0n) is 13.6. The molecule has 4 rings (SSSR count). The lowest BCUT2D eigenvalue weighted by molar-refractivity contribution is -0.143. The first-order chi connectivity index (χ1) is 12.1. The summed E-state index contributed by atoms with van der Waals surface area (Å²) in [4.78, 5) is 39.7. The summed E-state index contributed by atoms with van der Waals surface area (Å²) in [6, 6.07) is -1.07. The van der Waals surface area contributed by atoms with Gasteiger partial charge in [-0.05, 0) is 19.3 Å². The number of carbonyl (C=O) groups excluding carboxylic acids is 1. The molecule has 132 valence electrons. The van der Waals surface area contributed by atoms with Crippen LogP contribution in [-0.2, 0) is 11.2 Å². The van der Waals surface area contributed by atoms with Crippen LogP contribution >= 0.6 is 11.3 Å². The summed E-state index contributed by atoms with van der Waals surface area (Å²) in [6.45, 7) is 2.25. The van der Waals surface area contributed by atoms with Crippen molar-refractivity contribution >= 4 is 28.3 Å². The van der Waals surface area contributed by atoms with Crippen LogP contribution < -0.4 is 4.90 Å². The average Bonchev–Trinajstić information content (AvgIpc) is 3.30. The van der Waals surface area contributed by atoms with Crippen LogP contribution in [-0.4, -0.2) is 56.5 Å². The van der Waals surface area contributed by atoms with Crippen molar-refractivity contribution in [3.8, 4) is 0 Å². The molecular weight excluding hydrogens is 342 g/mol. The average molecular weight is 361 g/mol. The number of thiazole rings is 1. The fourth-order valence-electron chi connectivity index (χ4n) is 3.49. The minimum Gasteiger partial charge on any atom is -0.479 e. The predicted molar refractivity (Wildman–Crippen MR) is 91.9 cm³/mol. The molecule has 1 saturated heterocycles.